The average Bonchev–Trinajstić information content (AvgIpc) is 2.68. The number of benzene rings is 1. The van der Waals surface area contributed by atoms with E-state index in [2.05, 4.69) is 15.2 Å². The number of nitrogens with zero attached hydrogens (tertiary/aromatic N) is 3. The van der Waals surface area contributed by atoms with Gasteiger partial charge in [-0.25, -0.2) is 4.98 Å². The highest BCUT2D eigenvalue weighted by Gasteiger charge is 2.14. The maximum atomic E-state index is 12.4. The summed E-state index contributed by atoms with van der Waals surface area (Å²) in [6.07, 6.45) is 1.57. The number of hydrogen-bond donors (Lipinski definition) is 1. The van der Waals surface area contributed by atoms with Gasteiger partial charge >= 0.3 is 0 Å². The minimum atomic E-state index is -0.238. The van der Waals surface area contributed by atoms with Crippen LogP contribution < -0.4 is 10.2 Å². The van der Waals surface area contributed by atoms with E-state index in [0.29, 0.717) is 30.0 Å². The summed E-state index contributed by atoms with van der Waals surface area (Å²) in [4.78, 5) is 32.3. The molecule has 1 saturated heterocycles. The average molecular weight is 354 g/mol. The van der Waals surface area contributed by atoms with E-state index in [-0.39, 0.29) is 11.8 Å². The maximum absolute atomic E-state index is 12.4. The summed E-state index contributed by atoms with van der Waals surface area (Å²) in [5.74, 6) is 0.528. The Hall–Kier alpha value is -2.93. The van der Waals surface area contributed by atoms with E-state index in [1.165, 1.54) is 4.90 Å². The fourth-order valence-electron chi connectivity index (χ4n) is 2.66. The van der Waals surface area contributed by atoms with Crippen LogP contribution in [0.15, 0.2) is 42.6 Å². The summed E-state index contributed by atoms with van der Waals surface area (Å²) < 4.78 is 5.33. The molecule has 0 radical (unpaired) electrons. The third-order valence-electron chi connectivity index (χ3n) is 4.14. The quantitative estimate of drug-likeness (QED) is 0.907. The molecule has 1 aromatic heterocycles. The van der Waals surface area contributed by atoms with Crippen LogP contribution in [0.5, 0.6) is 0 Å². The predicted molar refractivity (Wildman–Crippen MR) is 99.7 cm³/mol. The first-order chi connectivity index (χ1) is 12.5. The molecule has 7 nitrogen and oxygen atoms in total. The monoisotopic (exact) mass is 354 g/mol. The molecule has 0 bridgehead atoms. The Bertz CT molecular complexity index is 766. The van der Waals surface area contributed by atoms with Crippen molar-refractivity contribution in [3.8, 4) is 0 Å². The highest BCUT2D eigenvalue weighted by atomic mass is 16.5. The number of pyridine rings is 1. The predicted octanol–water partition coefficient (Wildman–Crippen LogP) is 1.87. The van der Waals surface area contributed by atoms with Crippen molar-refractivity contribution in [2.45, 2.75) is 0 Å². The van der Waals surface area contributed by atoms with Crippen molar-refractivity contribution < 1.29 is 14.3 Å². The molecular weight excluding hydrogens is 332 g/mol. The summed E-state index contributed by atoms with van der Waals surface area (Å²) in [5, 5.41) is 2.82. The van der Waals surface area contributed by atoms with Crippen molar-refractivity contribution in [2.75, 3.05) is 50.6 Å². The molecule has 26 heavy (non-hydrogen) atoms. The first kappa shape index (κ1) is 17.9. The van der Waals surface area contributed by atoms with Crippen LogP contribution in [0.25, 0.3) is 0 Å². The van der Waals surface area contributed by atoms with E-state index in [4.69, 9.17) is 4.74 Å². The van der Waals surface area contributed by atoms with Gasteiger partial charge in [-0.15, -0.1) is 0 Å². The molecule has 1 aromatic carbocycles. The molecule has 1 N–H and O–H groups in total. The number of amides is 2. The van der Waals surface area contributed by atoms with Gasteiger partial charge in [-0.3, -0.25) is 9.59 Å². The summed E-state index contributed by atoms with van der Waals surface area (Å²) in [6.45, 7) is 2.99. The fourth-order valence-corrected chi connectivity index (χ4v) is 2.66. The lowest BCUT2D eigenvalue weighted by molar-refractivity contribution is 0.0827. The van der Waals surface area contributed by atoms with Crippen molar-refractivity contribution in [1.82, 2.24) is 9.88 Å². The van der Waals surface area contributed by atoms with Crippen LogP contribution in [0.3, 0.4) is 0 Å². The molecule has 0 saturated carbocycles. The van der Waals surface area contributed by atoms with E-state index < -0.39 is 0 Å². The van der Waals surface area contributed by atoms with Crippen LogP contribution in [0, 0.1) is 0 Å². The second-order valence-electron chi connectivity index (χ2n) is 6.24. The van der Waals surface area contributed by atoms with Crippen molar-refractivity contribution in [2.24, 2.45) is 0 Å². The number of rotatable bonds is 4. The molecule has 136 valence electrons. The zero-order valence-electron chi connectivity index (χ0n) is 14.9. The van der Waals surface area contributed by atoms with Crippen molar-refractivity contribution in [1.29, 1.82) is 0 Å². The molecule has 3 rings (SSSR count). The molecule has 1 aliphatic heterocycles. The molecule has 2 aromatic rings. The molecule has 7 heteroatoms. The smallest absolute Gasteiger partial charge is 0.257 e. The number of carbonyl (C=O) groups is 2. The molecule has 0 aliphatic carbocycles. The van der Waals surface area contributed by atoms with Gasteiger partial charge in [0.2, 0.25) is 0 Å². The molecule has 0 spiro atoms. The van der Waals surface area contributed by atoms with E-state index in [9.17, 15) is 9.59 Å². The van der Waals surface area contributed by atoms with Crippen LogP contribution in [-0.2, 0) is 4.74 Å². The van der Waals surface area contributed by atoms with Crippen molar-refractivity contribution in [3.05, 3.63) is 53.7 Å². The van der Waals surface area contributed by atoms with Crippen molar-refractivity contribution >= 4 is 23.3 Å². The molecule has 1 aliphatic rings. The van der Waals surface area contributed by atoms with Gasteiger partial charge in [0, 0.05) is 44.6 Å². The van der Waals surface area contributed by atoms with Gasteiger partial charge in [-0.2, -0.15) is 0 Å². The van der Waals surface area contributed by atoms with Gasteiger partial charge in [0.05, 0.1) is 18.8 Å². The lowest BCUT2D eigenvalue weighted by atomic mass is 10.2. The number of hydrogen-bond acceptors (Lipinski definition) is 5. The first-order valence-corrected chi connectivity index (χ1v) is 8.46. The summed E-state index contributed by atoms with van der Waals surface area (Å²) >= 11 is 0. The lowest BCUT2D eigenvalue weighted by Crippen LogP contribution is -2.36. The Morgan fingerprint density at radius 3 is 2.27 bits per heavy atom. The Labute approximate surface area is 152 Å². The maximum Gasteiger partial charge on any atom is 0.257 e. The van der Waals surface area contributed by atoms with Gasteiger partial charge in [-0.05, 0) is 36.4 Å². The topological polar surface area (TPSA) is 74.8 Å². The highest BCUT2D eigenvalue weighted by molar-refractivity contribution is 6.04. The standard InChI is InChI=1S/C19H22N4O3/c1-22(2)19(25)14-3-6-16(7-4-14)21-18(24)15-5-8-17(20-13-15)23-9-11-26-12-10-23/h3-8,13H,9-12H2,1-2H3,(H,21,24). The normalized spacial score (nSPS) is 14.0. The highest BCUT2D eigenvalue weighted by Crippen LogP contribution is 2.15. The molecular formula is C19H22N4O3. The minimum Gasteiger partial charge on any atom is -0.378 e. The molecule has 1 fully saturated rings. The van der Waals surface area contributed by atoms with Crippen LogP contribution in [-0.4, -0.2) is 62.1 Å². The van der Waals surface area contributed by atoms with Gasteiger partial charge in [0.1, 0.15) is 5.82 Å². The number of ether oxygens (including phenoxy) is 1. The Kier molecular flexibility index (Phi) is 5.48. The third-order valence-corrected chi connectivity index (χ3v) is 4.14. The number of anilines is 2. The minimum absolute atomic E-state index is 0.0780. The third kappa shape index (κ3) is 4.18. The van der Waals surface area contributed by atoms with E-state index in [1.807, 2.05) is 6.07 Å². The number of nitrogens with one attached hydrogen (secondary N) is 1. The zero-order chi connectivity index (χ0) is 18.5. The van der Waals surface area contributed by atoms with E-state index in [1.54, 1.807) is 50.6 Å². The SMILES string of the molecule is CN(C)C(=O)c1ccc(NC(=O)c2ccc(N3CCOCC3)nc2)cc1. The second-order valence-corrected chi connectivity index (χ2v) is 6.24. The van der Waals surface area contributed by atoms with Crippen LogP contribution in [0.4, 0.5) is 11.5 Å². The van der Waals surface area contributed by atoms with Crippen LogP contribution in [0.1, 0.15) is 20.7 Å². The molecule has 2 amide bonds. The Morgan fingerprint density at radius 1 is 1.04 bits per heavy atom. The van der Waals surface area contributed by atoms with Gasteiger partial charge in [-0.1, -0.05) is 0 Å². The van der Waals surface area contributed by atoms with Crippen molar-refractivity contribution in [3.63, 3.8) is 0 Å². The molecule has 0 atom stereocenters. The van der Waals surface area contributed by atoms with Crippen LogP contribution in [0.2, 0.25) is 0 Å². The van der Waals surface area contributed by atoms with Gasteiger partial charge < -0.3 is 19.9 Å². The molecule has 0 unspecified atom stereocenters. The lowest BCUT2D eigenvalue weighted by Gasteiger charge is -2.27. The summed E-state index contributed by atoms with van der Waals surface area (Å²) in [7, 11) is 3.40. The zero-order valence-corrected chi connectivity index (χ0v) is 14.9. The molecule has 2 heterocycles. The second kappa shape index (κ2) is 7.97. The van der Waals surface area contributed by atoms with Gasteiger partial charge in [0.25, 0.3) is 11.8 Å². The number of morpholine rings is 1. The largest absolute Gasteiger partial charge is 0.378 e. The van der Waals surface area contributed by atoms with E-state index in [0.717, 1.165) is 18.9 Å². The van der Waals surface area contributed by atoms with Gasteiger partial charge in [0.15, 0.2) is 0 Å². The summed E-state index contributed by atoms with van der Waals surface area (Å²) in [6, 6.07) is 10.4. The fraction of sp³-hybridized carbons (Fsp3) is 0.316. The number of carbonyl (C=O) groups excluding carboxylic acids is 2. The first-order valence-electron chi connectivity index (χ1n) is 8.46. The summed E-state index contributed by atoms with van der Waals surface area (Å²) in [5.41, 5.74) is 1.68. The number of aromatic nitrogens is 1. The van der Waals surface area contributed by atoms with Crippen LogP contribution >= 0.6 is 0 Å². The van der Waals surface area contributed by atoms with E-state index >= 15 is 0 Å². The Balaban J connectivity index is 1.63. The Morgan fingerprint density at radius 2 is 1.69 bits per heavy atom.